The lowest BCUT2D eigenvalue weighted by Gasteiger charge is -2.36. The third-order valence-electron chi connectivity index (χ3n) is 4.38. The molecule has 2 aliphatic rings. The van der Waals surface area contributed by atoms with Gasteiger partial charge in [0.1, 0.15) is 5.82 Å². The number of hydrogen-bond acceptors (Lipinski definition) is 3. The summed E-state index contributed by atoms with van der Waals surface area (Å²) in [5, 5.41) is 3.40. The van der Waals surface area contributed by atoms with Gasteiger partial charge in [-0.2, -0.15) is 0 Å². The van der Waals surface area contributed by atoms with Crippen molar-refractivity contribution in [2.24, 2.45) is 5.92 Å². The smallest absolute Gasteiger partial charge is 0.129 e. The zero-order chi connectivity index (χ0) is 13.8. The Morgan fingerprint density at radius 2 is 2.00 bits per heavy atom. The van der Waals surface area contributed by atoms with Crippen molar-refractivity contribution in [1.29, 1.82) is 0 Å². The highest BCUT2D eigenvalue weighted by Gasteiger charge is 2.26. The third kappa shape index (κ3) is 4.39. The highest BCUT2D eigenvalue weighted by Crippen LogP contribution is 2.25. The molecule has 1 aromatic carbocycles. The minimum absolute atomic E-state index is 0. The van der Waals surface area contributed by atoms with Crippen molar-refractivity contribution in [3.63, 3.8) is 0 Å². The summed E-state index contributed by atoms with van der Waals surface area (Å²) < 4.78 is 19.6. The molecule has 2 fully saturated rings. The highest BCUT2D eigenvalue weighted by molar-refractivity contribution is 5.85. The van der Waals surface area contributed by atoms with Gasteiger partial charge in [0.15, 0.2) is 0 Å². The van der Waals surface area contributed by atoms with Gasteiger partial charge in [-0.25, -0.2) is 4.39 Å². The summed E-state index contributed by atoms with van der Waals surface area (Å²) >= 11 is 0. The van der Waals surface area contributed by atoms with Crippen molar-refractivity contribution in [3.05, 3.63) is 35.6 Å². The van der Waals surface area contributed by atoms with Crippen LogP contribution in [-0.4, -0.2) is 44.2 Å². The van der Waals surface area contributed by atoms with Crippen LogP contribution in [-0.2, 0) is 4.74 Å². The molecule has 0 aliphatic carbocycles. The molecular formula is C16H24ClFN2O. The fourth-order valence-electron chi connectivity index (χ4n) is 3.22. The molecule has 0 radical (unpaired) electrons. The third-order valence-corrected chi connectivity index (χ3v) is 4.38. The zero-order valence-corrected chi connectivity index (χ0v) is 13.1. The Labute approximate surface area is 132 Å². The van der Waals surface area contributed by atoms with Crippen molar-refractivity contribution in [2.75, 3.05) is 39.3 Å². The largest absolute Gasteiger partial charge is 0.371 e. The molecule has 1 atom stereocenters. The van der Waals surface area contributed by atoms with Gasteiger partial charge in [-0.3, -0.25) is 4.90 Å². The van der Waals surface area contributed by atoms with E-state index in [1.165, 1.54) is 18.9 Å². The topological polar surface area (TPSA) is 24.5 Å². The van der Waals surface area contributed by atoms with Crippen LogP contribution in [0.4, 0.5) is 4.39 Å². The summed E-state index contributed by atoms with van der Waals surface area (Å²) in [4.78, 5) is 2.44. The highest BCUT2D eigenvalue weighted by atomic mass is 35.5. The zero-order valence-electron chi connectivity index (χ0n) is 12.3. The summed E-state index contributed by atoms with van der Waals surface area (Å²) in [5.74, 6) is 0.622. The quantitative estimate of drug-likeness (QED) is 0.928. The van der Waals surface area contributed by atoms with Crippen LogP contribution in [0.15, 0.2) is 24.3 Å². The van der Waals surface area contributed by atoms with Gasteiger partial charge < -0.3 is 10.1 Å². The van der Waals surface area contributed by atoms with Crippen LogP contribution >= 0.6 is 12.4 Å². The molecule has 0 bridgehead atoms. The Hall–Kier alpha value is -0.680. The van der Waals surface area contributed by atoms with E-state index in [2.05, 4.69) is 10.2 Å². The normalized spacial score (nSPS) is 24.5. The Morgan fingerprint density at radius 1 is 1.24 bits per heavy atom. The molecule has 2 saturated heterocycles. The molecular weight excluding hydrogens is 291 g/mol. The van der Waals surface area contributed by atoms with Crippen molar-refractivity contribution >= 4 is 12.4 Å². The molecule has 21 heavy (non-hydrogen) atoms. The minimum atomic E-state index is -0.152. The SMILES string of the molecule is Cl.Fc1ccccc1C1CN(CC2CCNCC2)CCO1. The Bertz CT molecular complexity index is 440. The number of piperidine rings is 1. The summed E-state index contributed by atoms with van der Waals surface area (Å²) in [7, 11) is 0. The average Bonchev–Trinajstić information content (AvgIpc) is 2.49. The van der Waals surface area contributed by atoms with E-state index in [4.69, 9.17) is 4.74 Å². The lowest BCUT2D eigenvalue weighted by molar-refractivity contribution is -0.0371. The molecule has 1 N–H and O–H groups in total. The number of benzene rings is 1. The fraction of sp³-hybridized carbons (Fsp3) is 0.625. The standard InChI is InChI=1S/C16H23FN2O.ClH/c17-15-4-2-1-3-14(15)16-12-19(9-10-20-16)11-13-5-7-18-8-6-13;/h1-4,13,16,18H,5-12H2;1H. The van der Waals surface area contributed by atoms with Gasteiger partial charge >= 0.3 is 0 Å². The second-order valence-corrected chi connectivity index (χ2v) is 5.83. The average molecular weight is 315 g/mol. The molecule has 1 aromatic rings. The van der Waals surface area contributed by atoms with Crippen molar-refractivity contribution in [1.82, 2.24) is 10.2 Å². The van der Waals surface area contributed by atoms with E-state index >= 15 is 0 Å². The fourth-order valence-corrected chi connectivity index (χ4v) is 3.22. The first-order valence-electron chi connectivity index (χ1n) is 7.62. The van der Waals surface area contributed by atoms with E-state index in [0.29, 0.717) is 12.2 Å². The number of halogens is 2. The molecule has 3 rings (SSSR count). The predicted octanol–water partition coefficient (Wildman–Crippen LogP) is 2.62. The summed E-state index contributed by atoms with van der Waals surface area (Å²) in [6.45, 7) is 5.86. The van der Waals surface area contributed by atoms with Crippen LogP contribution in [0.25, 0.3) is 0 Å². The number of ether oxygens (including phenoxy) is 1. The number of hydrogen-bond donors (Lipinski definition) is 1. The number of rotatable bonds is 3. The maximum atomic E-state index is 13.9. The van der Waals surface area contributed by atoms with Crippen molar-refractivity contribution in [2.45, 2.75) is 18.9 Å². The summed E-state index contributed by atoms with van der Waals surface area (Å²) in [6, 6.07) is 6.97. The molecule has 0 aromatic heterocycles. The van der Waals surface area contributed by atoms with Crippen LogP contribution in [0.5, 0.6) is 0 Å². The Kier molecular flexibility index (Phi) is 6.42. The molecule has 0 spiro atoms. The van der Waals surface area contributed by atoms with Crippen LogP contribution in [0.2, 0.25) is 0 Å². The lowest BCUT2D eigenvalue weighted by atomic mass is 9.97. The number of nitrogens with zero attached hydrogens (tertiary/aromatic N) is 1. The maximum Gasteiger partial charge on any atom is 0.129 e. The van der Waals surface area contributed by atoms with E-state index in [0.717, 1.165) is 38.6 Å². The van der Waals surface area contributed by atoms with Crippen molar-refractivity contribution < 1.29 is 9.13 Å². The Balaban J connectivity index is 0.00000161. The molecule has 0 saturated carbocycles. The van der Waals surface area contributed by atoms with Gasteiger partial charge in [-0.1, -0.05) is 18.2 Å². The first-order valence-corrected chi connectivity index (χ1v) is 7.62. The molecule has 5 heteroatoms. The van der Waals surface area contributed by atoms with Gasteiger partial charge in [-0.15, -0.1) is 12.4 Å². The monoisotopic (exact) mass is 314 g/mol. The predicted molar refractivity (Wildman–Crippen MR) is 84.4 cm³/mol. The Morgan fingerprint density at radius 3 is 2.76 bits per heavy atom. The van der Waals surface area contributed by atoms with Crippen LogP contribution in [0, 0.1) is 11.7 Å². The first kappa shape index (κ1) is 16.7. The van der Waals surface area contributed by atoms with Gasteiger partial charge in [0.2, 0.25) is 0 Å². The van der Waals surface area contributed by atoms with Gasteiger partial charge in [0, 0.05) is 25.2 Å². The van der Waals surface area contributed by atoms with E-state index < -0.39 is 0 Å². The molecule has 1 unspecified atom stereocenters. The van der Waals surface area contributed by atoms with Gasteiger partial charge in [0.05, 0.1) is 12.7 Å². The summed E-state index contributed by atoms with van der Waals surface area (Å²) in [5.41, 5.74) is 0.697. The second kappa shape index (κ2) is 8.08. The number of morpholine rings is 1. The van der Waals surface area contributed by atoms with Crippen LogP contribution in [0.1, 0.15) is 24.5 Å². The number of nitrogens with one attached hydrogen (secondary N) is 1. The van der Waals surface area contributed by atoms with E-state index in [9.17, 15) is 4.39 Å². The molecule has 2 aliphatic heterocycles. The second-order valence-electron chi connectivity index (χ2n) is 5.83. The van der Waals surface area contributed by atoms with E-state index in [1.807, 2.05) is 12.1 Å². The molecule has 0 amide bonds. The van der Waals surface area contributed by atoms with Crippen molar-refractivity contribution in [3.8, 4) is 0 Å². The first-order chi connectivity index (χ1) is 9.83. The van der Waals surface area contributed by atoms with Crippen LogP contribution in [0.3, 0.4) is 0 Å². The molecule has 118 valence electrons. The van der Waals surface area contributed by atoms with Crippen LogP contribution < -0.4 is 5.32 Å². The van der Waals surface area contributed by atoms with E-state index in [-0.39, 0.29) is 24.3 Å². The lowest BCUT2D eigenvalue weighted by Crippen LogP contribution is -2.43. The minimum Gasteiger partial charge on any atom is -0.371 e. The van der Waals surface area contributed by atoms with Gasteiger partial charge in [0.25, 0.3) is 0 Å². The molecule has 2 heterocycles. The maximum absolute atomic E-state index is 13.9. The van der Waals surface area contributed by atoms with E-state index in [1.54, 1.807) is 6.07 Å². The van der Waals surface area contributed by atoms with Gasteiger partial charge in [-0.05, 0) is 37.9 Å². The molecule has 3 nitrogen and oxygen atoms in total. The summed E-state index contributed by atoms with van der Waals surface area (Å²) in [6.07, 6.45) is 2.38.